The van der Waals surface area contributed by atoms with Gasteiger partial charge in [0.1, 0.15) is 0 Å². The van der Waals surface area contributed by atoms with Crippen molar-refractivity contribution in [1.29, 1.82) is 0 Å². The molecule has 0 spiro atoms. The normalized spacial score (nSPS) is 12.6. The minimum atomic E-state index is -3.13. The van der Waals surface area contributed by atoms with Gasteiger partial charge in [-0.25, -0.2) is 13.1 Å². The Morgan fingerprint density at radius 1 is 1.43 bits per heavy atom. The van der Waals surface area contributed by atoms with E-state index in [2.05, 4.69) is 15.2 Å². The van der Waals surface area contributed by atoms with Crippen molar-refractivity contribution in [2.75, 3.05) is 19.3 Å². The minimum Gasteiger partial charge on any atom is -0.409 e. The highest BCUT2D eigenvalue weighted by atomic mass is 35.5. The van der Waals surface area contributed by atoms with Gasteiger partial charge >= 0.3 is 0 Å². The van der Waals surface area contributed by atoms with Crippen LogP contribution in [0.5, 0.6) is 0 Å². The minimum absolute atomic E-state index is 0.00302. The summed E-state index contributed by atoms with van der Waals surface area (Å²) < 4.78 is 24.1. The second-order valence-corrected chi connectivity index (χ2v) is 6.73. The number of nitrogens with two attached hydrogens (primary N) is 1. The molecule has 0 fully saturated rings. The molecular formula is C12H19ClN4O3S. The number of halogens is 1. The van der Waals surface area contributed by atoms with Crippen LogP contribution in [0, 0.1) is 0 Å². The lowest BCUT2D eigenvalue weighted by Crippen LogP contribution is -2.26. The van der Waals surface area contributed by atoms with Crippen LogP contribution in [0.2, 0.25) is 5.02 Å². The number of sulfonamides is 1. The van der Waals surface area contributed by atoms with Crippen molar-refractivity contribution < 1.29 is 13.6 Å². The van der Waals surface area contributed by atoms with E-state index in [1.54, 1.807) is 18.2 Å². The number of benzene rings is 1. The molecule has 0 aliphatic carbocycles. The summed E-state index contributed by atoms with van der Waals surface area (Å²) in [6, 6.07) is 5.12. The predicted molar refractivity (Wildman–Crippen MR) is 83.1 cm³/mol. The molecule has 21 heavy (non-hydrogen) atoms. The van der Waals surface area contributed by atoms with E-state index in [0.29, 0.717) is 36.6 Å². The van der Waals surface area contributed by atoms with Gasteiger partial charge in [-0.1, -0.05) is 28.9 Å². The van der Waals surface area contributed by atoms with Gasteiger partial charge in [0.15, 0.2) is 5.84 Å². The second-order valence-electron chi connectivity index (χ2n) is 4.49. The molecule has 1 aromatic rings. The van der Waals surface area contributed by atoms with Gasteiger partial charge < -0.3 is 16.3 Å². The zero-order valence-corrected chi connectivity index (χ0v) is 13.2. The first-order chi connectivity index (χ1) is 9.83. The Morgan fingerprint density at radius 3 is 2.71 bits per heavy atom. The van der Waals surface area contributed by atoms with E-state index in [0.717, 1.165) is 11.8 Å². The fourth-order valence-corrected chi connectivity index (χ4v) is 2.36. The highest BCUT2D eigenvalue weighted by Gasteiger charge is 2.05. The SMILES string of the molecule is CS(=O)(=O)NCCCNCc1ccc(/C(N)=N/O)cc1Cl. The van der Waals surface area contributed by atoms with Crippen molar-refractivity contribution in [2.45, 2.75) is 13.0 Å². The maximum Gasteiger partial charge on any atom is 0.208 e. The number of hydrogen-bond acceptors (Lipinski definition) is 5. The van der Waals surface area contributed by atoms with Crippen LogP contribution in [-0.2, 0) is 16.6 Å². The zero-order valence-electron chi connectivity index (χ0n) is 11.6. The van der Waals surface area contributed by atoms with Gasteiger partial charge in [0.2, 0.25) is 10.0 Å². The molecule has 0 bridgehead atoms. The number of nitrogens with zero attached hydrogens (tertiary/aromatic N) is 1. The van der Waals surface area contributed by atoms with Crippen LogP contribution in [0.3, 0.4) is 0 Å². The topological polar surface area (TPSA) is 117 Å². The molecule has 0 amide bonds. The van der Waals surface area contributed by atoms with Crippen molar-refractivity contribution in [3.63, 3.8) is 0 Å². The van der Waals surface area contributed by atoms with E-state index in [1.165, 1.54) is 0 Å². The molecule has 9 heteroatoms. The van der Waals surface area contributed by atoms with E-state index in [-0.39, 0.29) is 5.84 Å². The lowest BCUT2D eigenvalue weighted by atomic mass is 10.1. The molecule has 1 rings (SSSR count). The average Bonchev–Trinajstić information content (AvgIpc) is 2.42. The van der Waals surface area contributed by atoms with E-state index in [9.17, 15) is 8.42 Å². The third-order valence-electron chi connectivity index (χ3n) is 2.67. The highest BCUT2D eigenvalue weighted by Crippen LogP contribution is 2.17. The summed E-state index contributed by atoms with van der Waals surface area (Å²) in [5.74, 6) is 0.00302. The van der Waals surface area contributed by atoms with Crippen molar-refractivity contribution in [1.82, 2.24) is 10.0 Å². The highest BCUT2D eigenvalue weighted by molar-refractivity contribution is 7.88. The van der Waals surface area contributed by atoms with Crippen molar-refractivity contribution >= 4 is 27.5 Å². The molecule has 0 aliphatic rings. The molecule has 1 aromatic carbocycles. The number of oxime groups is 1. The Bertz CT molecular complexity index is 605. The summed E-state index contributed by atoms with van der Waals surface area (Å²) in [5.41, 5.74) is 6.90. The lowest BCUT2D eigenvalue weighted by Gasteiger charge is -2.08. The fourth-order valence-electron chi connectivity index (χ4n) is 1.60. The number of rotatable bonds is 8. The molecule has 0 unspecified atom stereocenters. The van der Waals surface area contributed by atoms with Crippen LogP contribution < -0.4 is 15.8 Å². The summed E-state index contributed by atoms with van der Waals surface area (Å²) in [6.45, 7) is 1.59. The summed E-state index contributed by atoms with van der Waals surface area (Å²) in [7, 11) is -3.13. The van der Waals surface area contributed by atoms with Crippen molar-refractivity contribution in [3.8, 4) is 0 Å². The number of hydrogen-bond donors (Lipinski definition) is 4. The van der Waals surface area contributed by atoms with Gasteiger partial charge in [-0.2, -0.15) is 0 Å². The monoisotopic (exact) mass is 334 g/mol. The molecule has 0 heterocycles. The number of nitrogens with one attached hydrogen (secondary N) is 2. The van der Waals surface area contributed by atoms with E-state index in [4.69, 9.17) is 22.5 Å². The van der Waals surface area contributed by atoms with Crippen molar-refractivity contribution in [2.24, 2.45) is 10.9 Å². The van der Waals surface area contributed by atoms with Crippen LogP contribution in [0.25, 0.3) is 0 Å². The third-order valence-corrected chi connectivity index (χ3v) is 3.75. The fraction of sp³-hybridized carbons (Fsp3) is 0.417. The van der Waals surface area contributed by atoms with Gasteiger partial charge in [-0.3, -0.25) is 0 Å². The van der Waals surface area contributed by atoms with Gasteiger partial charge in [0, 0.05) is 23.7 Å². The van der Waals surface area contributed by atoms with Crippen molar-refractivity contribution in [3.05, 3.63) is 34.3 Å². The molecule has 0 atom stereocenters. The largest absolute Gasteiger partial charge is 0.409 e. The summed E-state index contributed by atoms with van der Waals surface area (Å²) in [5, 5.41) is 15.2. The first-order valence-electron chi connectivity index (χ1n) is 6.25. The van der Waals surface area contributed by atoms with Gasteiger partial charge in [0.05, 0.1) is 6.26 Å². The van der Waals surface area contributed by atoms with Gasteiger partial charge in [0.25, 0.3) is 0 Å². The predicted octanol–water partition coefficient (Wildman–Crippen LogP) is 0.463. The molecule has 0 saturated carbocycles. The van der Waals surface area contributed by atoms with Crippen LogP contribution in [-0.4, -0.2) is 38.8 Å². The number of amidine groups is 1. The molecule has 0 aliphatic heterocycles. The Kier molecular flexibility index (Phi) is 6.90. The van der Waals surface area contributed by atoms with Crippen LogP contribution in [0.4, 0.5) is 0 Å². The average molecular weight is 335 g/mol. The maximum atomic E-state index is 10.9. The molecule has 0 aromatic heterocycles. The van der Waals surface area contributed by atoms with Gasteiger partial charge in [-0.05, 0) is 24.6 Å². The Balaban J connectivity index is 2.39. The summed E-state index contributed by atoms with van der Waals surface area (Å²) in [6.07, 6.45) is 1.80. The van der Waals surface area contributed by atoms with Crippen LogP contribution >= 0.6 is 11.6 Å². The molecule has 5 N–H and O–H groups in total. The summed E-state index contributed by atoms with van der Waals surface area (Å²) in [4.78, 5) is 0. The molecule has 118 valence electrons. The first-order valence-corrected chi connectivity index (χ1v) is 8.52. The molecule has 0 radical (unpaired) electrons. The quantitative estimate of drug-likeness (QED) is 0.181. The Morgan fingerprint density at radius 2 is 2.14 bits per heavy atom. The maximum absolute atomic E-state index is 10.9. The Hall–Kier alpha value is -1.35. The van der Waals surface area contributed by atoms with Gasteiger partial charge in [-0.15, -0.1) is 0 Å². The van der Waals surface area contributed by atoms with E-state index in [1.807, 2.05) is 0 Å². The van der Waals surface area contributed by atoms with E-state index >= 15 is 0 Å². The molecular weight excluding hydrogens is 316 g/mol. The first kappa shape index (κ1) is 17.7. The van der Waals surface area contributed by atoms with E-state index < -0.39 is 10.0 Å². The zero-order chi connectivity index (χ0) is 15.9. The standard InChI is InChI=1S/C12H19ClN4O3S/c1-21(19,20)16-6-2-5-15-8-10-4-3-9(7-11(10)13)12(14)17-18/h3-4,7,15-16,18H,2,5-6,8H2,1H3,(H2,14,17). The van der Waals surface area contributed by atoms with Crippen LogP contribution in [0.1, 0.15) is 17.5 Å². The molecule has 7 nitrogen and oxygen atoms in total. The molecule has 0 saturated heterocycles. The lowest BCUT2D eigenvalue weighted by molar-refractivity contribution is 0.318. The Labute approximate surface area is 129 Å². The third kappa shape index (κ3) is 6.76. The summed E-state index contributed by atoms with van der Waals surface area (Å²) >= 11 is 6.11. The second kappa shape index (κ2) is 8.18. The van der Waals surface area contributed by atoms with Crippen LogP contribution in [0.15, 0.2) is 23.4 Å². The smallest absolute Gasteiger partial charge is 0.208 e.